The Morgan fingerprint density at radius 3 is 2.22 bits per heavy atom. The fourth-order valence-corrected chi connectivity index (χ4v) is 2.08. The molecule has 1 amide bonds. The van der Waals surface area contributed by atoms with Crippen LogP contribution in [0.25, 0.3) is 0 Å². The van der Waals surface area contributed by atoms with Gasteiger partial charge in [0.2, 0.25) is 5.91 Å². The second-order valence-electron chi connectivity index (χ2n) is 7.06. The molecule has 0 aliphatic heterocycles. The number of hydrogen-bond donors (Lipinski definition) is 2. The number of carbonyl (C=O) groups excluding carboxylic acids is 2. The Kier molecular flexibility index (Phi) is 6.76. The lowest BCUT2D eigenvalue weighted by molar-refractivity contribution is -0.160. The van der Waals surface area contributed by atoms with Crippen LogP contribution in [0.15, 0.2) is 30.3 Å². The lowest BCUT2D eigenvalue weighted by atomic mass is 10.0. The summed E-state index contributed by atoms with van der Waals surface area (Å²) in [4.78, 5) is 24.5. The molecule has 1 rings (SSSR count). The molecule has 0 fully saturated rings. The van der Waals surface area contributed by atoms with E-state index in [0.29, 0.717) is 6.42 Å². The van der Waals surface area contributed by atoms with Crippen LogP contribution in [0.1, 0.15) is 40.2 Å². The number of rotatable bonds is 6. The van der Waals surface area contributed by atoms with Gasteiger partial charge in [-0.2, -0.15) is 0 Å². The van der Waals surface area contributed by atoms with Crippen LogP contribution in [0.5, 0.6) is 0 Å². The highest BCUT2D eigenvalue weighted by Crippen LogP contribution is 2.12. The van der Waals surface area contributed by atoms with E-state index >= 15 is 0 Å². The Morgan fingerprint density at radius 1 is 1.17 bits per heavy atom. The van der Waals surface area contributed by atoms with Crippen LogP contribution in [0, 0.1) is 5.92 Å². The molecule has 1 aromatic carbocycles. The summed E-state index contributed by atoms with van der Waals surface area (Å²) >= 11 is 0. The van der Waals surface area contributed by atoms with E-state index in [9.17, 15) is 9.59 Å². The standard InChI is InChI=1S/C18H28N2O3/c1-12(2)15(17(22)23-18(3,4)5)20-16(21)14(19)11-13-9-7-6-8-10-13/h6-10,12,14-15H,11,19H2,1-5H3,(H,20,21)/t14-,15-/m0/s1. The van der Waals surface area contributed by atoms with E-state index in [2.05, 4.69) is 5.32 Å². The molecule has 5 nitrogen and oxygen atoms in total. The van der Waals surface area contributed by atoms with Crippen molar-refractivity contribution >= 4 is 11.9 Å². The first kappa shape index (κ1) is 19.2. The Morgan fingerprint density at radius 2 is 1.74 bits per heavy atom. The minimum atomic E-state index is -0.707. The number of nitrogens with two attached hydrogens (primary N) is 1. The van der Waals surface area contributed by atoms with E-state index in [-0.39, 0.29) is 11.8 Å². The van der Waals surface area contributed by atoms with Gasteiger partial charge in [-0.1, -0.05) is 44.2 Å². The molecule has 2 atom stereocenters. The van der Waals surface area contributed by atoms with Gasteiger partial charge < -0.3 is 15.8 Å². The van der Waals surface area contributed by atoms with Crippen LogP contribution >= 0.6 is 0 Å². The number of benzene rings is 1. The Balaban J connectivity index is 2.68. The second-order valence-corrected chi connectivity index (χ2v) is 7.06. The van der Waals surface area contributed by atoms with Gasteiger partial charge in [0.1, 0.15) is 11.6 Å². The molecule has 0 unspecified atom stereocenters. The molecule has 3 N–H and O–H groups in total. The summed E-state index contributed by atoms with van der Waals surface area (Å²) in [5, 5.41) is 2.72. The number of amides is 1. The molecule has 0 bridgehead atoms. The number of ether oxygens (including phenoxy) is 1. The van der Waals surface area contributed by atoms with Gasteiger partial charge in [0.25, 0.3) is 0 Å². The third-order valence-electron chi connectivity index (χ3n) is 3.26. The first-order valence-electron chi connectivity index (χ1n) is 7.93. The Labute approximate surface area is 138 Å². The molecular weight excluding hydrogens is 292 g/mol. The molecule has 128 valence electrons. The van der Waals surface area contributed by atoms with Gasteiger partial charge >= 0.3 is 5.97 Å². The number of hydrogen-bond acceptors (Lipinski definition) is 4. The van der Waals surface area contributed by atoms with Crippen molar-refractivity contribution in [3.63, 3.8) is 0 Å². The molecule has 0 saturated heterocycles. The lowest BCUT2D eigenvalue weighted by Crippen LogP contribution is -2.52. The first-order chi connectivity index (χ1) is 10.6. The molecule has 5 heteroatoms. The van der Waals surface area contributed by atoms with Crippen molar-refractivity contribution in [2.45, 2.75) is 58.7 Å². The maximum atomic E-state index is 12.3. The van der Waals surface area contributed by atoms with Gasteiger partial charge in [0, 0.05) is 0 Å². The van der Waals surface area contributed by atoms with Crippen LogP contribution in [-0.2, 0) is 20.7 Å². The van der Waals surface area contributed by atoms with Crippen molar-refractivity contribution in [3.8, 4) is 0 Å². The predicted octanol–water partition coefficient (Wildman–Crippen LogP) is 2.04. The molecule has 0 saturated carbocycles. The fourth-order valence-electron chi connectivity index (χ4n) is 2.08. The minimum Gasteiger partial charge on any atom is -0.458 e. The van der Waals surface area contributed by atoms with E-state index in [0.717, 1.165) is 5.56 Å². The van der Waals surface area contributed by atoms with Crippen LogP contribution in [-0.4, -0.2) is 29.6 Å². The quantitative estimate of drug-likeness (QED) is 0.786. The van der Waals surface area contributed by atoms with Gasteiger partial charge in [-0.05, 0) is 38.7 Å². The number of nitrogens with one attached hydrogen (secondary N) is 1. The predicted molar refractivity (Wildman–Crippen MR) is 90.7 cm³/mol. The molecule has 0 radical (unpaired) electrons. The first-order valence-corrected chi connectivity index (χ1v) is 7.93. The van der Waals surface area contributed by atoms with Gasteiger partial charge in [-0.25, -0.2) is 4.79 Å². The van der Waals surface area contributed by atoms with Crippen molar-refractivity contribution in [1.82, 2.24) is 5.32 Å². The Hall–Kier alpha value is -1.88. The van der Waals surface area contributed by atoms with Gasteiger partial charge in [0.15, 0.2) is 0 Å². The van der Waals surface area contributed by atoms with Crippen molar-refractivity contribution in [3.05, 3.63) is 35.9 Å². The van der Waals surface area contributed by atoms with Crippen LogP contribution in [0.3, 0.4) is 0 Å². The number of esters is 1. The average molecular weight is 320 g/mol. The summed E-state index contributed by atoms with van der Waals surface area (Å²) in [7, 11) is 0. The van der Waals surface area contributed by atoms with Crippen molar-refractivity contribution in [2.24, 2.45) is 11.7 Å². The third kappa shape index (κ3) is 6.82. The van der Waals surface area contributed by atoms with Gasteiger partial charge in [-0.15, -0.1) is 0 Å². The summed E-state index contributed by atoms with van der Waals surface area (Å²) in [5.41, 5.74) is 6.34. The largest absolute Gasteiger partial charge is 0.458 e. The van der Waals surface area contributed by atoms with Crippen molar-refractivity contribution in [2.75, 3.05) is 0 Å². The van der Waals surface area contributed by atoms with Crippen LogP contribution in [0.2, 0.25) is 0 Å². The molecule has 0 aromatic heterocycles. The minimum absolute atomic E-state index is 0.0854. The lowest BCUT2D eigenvalue weighted by Gasteiger charge is -2.27. The van der Waals surface area contributed by atoms with E-state index in [1.807, 2.05) is 44.2 Å². The van der Waals surface area contributed by atoms with Crippen LogP contribution < -0.4 is 11.1 Å². The molecule has 0 spiro atoms. The number of carbonyl (C=O) groups is 2. The average Bonchev–Trinajstić information content (AvgIpc) is 2.43. The highest BCUT2D eigenvalue weighted by Gasteiger charge is 2.30. The summed E-state index contributed by atoms with van der Waals surface area (Å²) in [6.45, 7) is 9.11. The monoisotopic (exact) mass is 320 g/mol. The van der Waals surface area contributed by atoms with Crippen molar-refractivity contribution < 1.29 is 14.3 Å². The zero-order valence-corrected chi connectivity index (χ0v) is 14.6. The second kappa shape index (κ2) is 8.11. The molecular formula is C18H28N2O3. The van der Waals surface area contributed by atoms with Gasteiger partial charge in [-0.3, -0.25) is 4.79 Å². The summed E-state index contributed by atoms with van der Waals surface area (Å²) < 4.78 is 5.37. The van der Waals surface area contributed by atoms with E-state index in [4.69, 9.17) is 10.5 Å². The molecule has 1 aromatic rings. The van der Waals surface area contributed by atoms with E-state index in [1.165, 1.54) is 0 Å². The molecule has 23 heavy (non-hydrogen) atoms. The topological polar surface area (TPSA) is 81.4 Å². The molecule has 0 aliphatic rings. The summed E-state index contributed by atoms with van der Waals surface area (Å²) in [5.74, 6) is -0.871. The van der Waals surface area contributed by atoms with Crippen LogP contribution in [0.4, 0.5) is 0 Å². The maximum Gasteiger partial charge on any atom is 0.329 e. The van der Waals surface area contributed by atoms with Gasteiger partial charge in [0.05, 0.1) is 6.04 Å². The smallest absolute Gasteiger partial charge is 0.329 e. The molecule has 0 heterocycles. The zero-order chi connectivity index (χ0) is 17.6. The maximum absolute atomic E-state index is 12.3. The normalized spacial score (nSPS) is 14.2. The van der Waals surface area contributed by atoms with E-state index in [1.54, 1.807) is 20.8 Å². The third-order valence-corrected chi connectivity index (χ3v) is 3.26. The molecule has 0 aliphatic carbocycles. The van der Waals surface area contributed by atoms with E-state index < -0.39 is 23.7 Å². The highest BCUT2D eigenvalue weighted by molar-refractivity contribution is 5.87. The zero-order valence-electron chi connectivity index (χ0n) is 14.6. The SMILES string of the molecule is CC(C)[C@H](NC(=O)[C@@H](N)Cc1ccccc1)C(=O)OC(C)(C)C. The van der Waals surface area contributed by atoms with Crippen molar-refractivity contribution in [1.29, 1.82) is 0 Å². The highest BCUT2D eigenvalue weighted by atomic mass is 16.6. The summed E-state index contributed by atoms with van der Waals surface area (Å²) in [6.07, 6.45) is 0.422. The Bertz CT molecular complexity index is 521. The fraction of sp³-hybridized carbons (Fsp3) is 0.556. The summed E-state index contributed by atoms with van der Waals surface area (Å²) in [6, 6.07) is 8.13.